The van der Waals surface area contributed by atoms with E-state index in [0.29, 0.717) is 0 Å². The summed E-state index contributed by atoms with van der Waals surface area (Å²) in [7, 11) is 0. The molecule has 0 saturated carbocycles. The number of hydrogen-bond donors (Lipinski definition) is 2. The third kappa shape index (κ3) is 4.01. The molecule has 0 aliphatic carbocycles. The largest absolute Gasteiger partial charge is 0.392 e. The van der Waals surface area contributed by atoms with Gasteiger partial charge in [-0.1, -0.05) is 30.3 Å². The Morgan fingerprint density at radius 1 is 1.05 bits per heavy atom. The average Bonchev–Trinajstić information content (AvgIpc) is 3.23. The molecular weight excluding hydrogens is 312 g/mol. The normalized spacial score (nSPS) is 11.0. The number of thiophene rings is 1. The summed E-state index contributed by atoms with van der Waals surface area (Å²) in [5.41, 5.74) is 3.34. The Morgan fingerprint density at radius 2 is 1.86 bits per heavy atom. The molecule has 2 aromatic heterocycles. The lowest BCUT2D eigenvalue weighted by Crippen LogP contribution is -2.16. The van der Waals surface area contributed by atoms with E-state index in [1.165, 1.54) is 10.4 Å². The molecule has 114 valence electrons. The number of aliphatic hydroxyl groups excluding tert-OH is 1. The molecule has 3 aromatic rings. The minimum Gasteiger partial charge on any atom is -0.392 e. The molecule has 0 bridgehead atoms. The summed E-state index contributed by atoms with van der Waals surface area (Å²) in [5, 5.41) is 17.8. The first-order valence-corrected chi connectivity index (χ1v) is 8.99. The molecule has 0 unspecified atom stereocenters. The summed E-state index contributed by atoms with van der Waals surface area (Å²) in [6, 6.07) is 12.3. The minimum atomic E-state index is 0.106. The van der Waals surface area contributed by atoms with Crippen molar-refractivity contribution in [3.8, 4) is 9.88 Å². The third-order valence-corrected chi connectivity index (χ3v) is 5.32. The van der Waals surface area contributed by atoms with Crippen molar-refractivity contribution >= 4 is 22.7 Å². The summed E-state index contributed by atoms with van der Waals surface area (Å²) >= 11 is 3.43. The van der Waals surface area contributed by atoms with E-state index < -0.39 is 0 Å². The molecule has 0 atom stereocenters. The lowest BCUT2D eigenvalue weighted by molar-refractivity contribution is 0.282. The van der Waals surface area contributed by atoms with Crippen molar-refractivity contribution in [1.29, 1.82) is 0 Å². The molecular formula is C17H18N2OS2. The molecule has 0 aliphatic heterocycles. The van der Waals surface area contributed by atoms with Gasteiger partial charge in [-0.15, -0.1) is 22.7 Å². The second-order valence-corrected chi connectivity index (χ2v) is 6.83. The third-order valence-electron chi connectivity index (χ3n) is 3.39. The first-order chi connectivity index (χ1) is 10.8. The first-order valence-electron chi connectivity index (χ1n) is 7.23. The van der Waals surface area contributed by atoms with Crippen molar-refractivity contribution in [2.45, 2.75) is 19.6 Å². The molecule has 0 saturated heterocycles. The zero-order valence-electron chi connectivity index (χ0n) is 12.2. The van der Waals surface area contributed by atoms with Crippen LogP contribution in [0.3, 0.4) is 0 Å². The highest BCUT2D eigenvalue weighted by Crippen LogP contribution is 2.27. The van der Waals surface area contributed by atoms with E-state index in [-0.39, 0.29) is 6.61 Å². The maximum absolute atomic E-state index is 9.02. The molecule has 5 heteroatoms. The zero-order valence-corrected chi connectivity index (χ0v) is 13.8. The Labute approximate surface area is 138 Å². The quantitative estimate of drug-likeness (QED) is 0.649. The molecule has 2 N–H and O–H groups in total. The molecule has 3 nitrogen and oxygen atoms in total. The number of hydrogen-bond acceptors (Lipinski definition) is 5. The topological polar surface area (TPSA) is 45.1 Å². The highest BCUT2D eigenvalue weighted by Gasteiger charge is 2.05. The molecule has 2 heterocycles. The van der Waals surface area contributed by atoms with Crippen molar-refractivity contribution in [3.05, 3.63) is 64.0 Å². The lowest BCUT2D eigenvalue weighted by Gasteiger charge is -2.04. The number of thiazole rings is 1. The number of nitrogens with one attached hydrogen (secondary N) is 1. The van der Waals surface area contributed by atoms with E-state index in [2.05, 4.69) is 45.3 Å². The van der Waals surface area contributed by atoms with Gasteiger partial charge in [0.2, 0.25) is 0 Å². The van der Waals surface area contributed by atoms with Crippen LogP contribution in [-0.4, -0.2) is 16.6 Å². The molecule has 22 heavy (non-hydrogen) atoms. The standard InChI is InChI=1S/C17H18N2OS2/c20-11-14-5-3-13(4-6-14)7-8-18-10-15-12-22-17(19-15)16-2-1-9-21-16/h1-6,9,12,18,20H,7-8,10-11H2. The Balaban J connectivity index is 1.45. The fourth-order valence-electron chi connectivity index (χ4n) is 2.16. The Bertz CT molecular complexity index is 690. The fourth-order valence-corrected chi connectivity index (χ4v) is 3.80. The molecule has 3 rings (SSSR count). The fraction of sp³-hybridized carbons (Fsp3) is 0.235. The zero-order chi connectivity index (χ0) is 15.2. The summed E-state index contributed by atoms with van der Waals surface area (Å²) in [6.07, 6.45) is 0.980. The molecule has 1 aromatic carbocycles. The maximum atomic E-state index is 9.02. The Morgan fingerprint density at radius 3 is 2.59 bits per heavy atom. The Kier molecular flexibility index (Phi) is 5.34. The van der Waals surface area contributed by atoms with Crippen LogP contribution >= 0.6 is 22.7 Å². The summed E-state index contributed by atoms with van der Waals surface area (Å²) in [6.45, 7) is 1.83. The van der Waals surface area contributed by atoms with Crippen LogP contribution in [0.4, 0.5) is 0 Å². The van der Waals surface area contributed by atoms with E-state index >= 15 is 0 Å². The van der Waals surface area contributed by atoms with Gasteiger partial charge in [0.15, 0.2) is 0 Å². The second kappa shape index (κ2) is 7.65. The number of aliphatic hydroxyl groups is 1. The Hall–Kier alpha value is -1.53. The van der Waals surface area contributed by atoms with Crippen LogP contribution in [0.1, 0.15) is 16.8 Å². The summed E-state index contributed by atoms with van der Waals surface area (Å²) in [4.78, 5) is 5.89. The van der Waals surface area contributed by atoms with Crippen molar-refractivity contribution in [2.75, 3.05) is 6.54 Å². The van der Waals surface area contributed by atoms with Crippen molar-refractivity contribution in [1.82, 2.24) is 10.3 Å². The van der Waals surface area contributed by atoms with Gasteiger partial charge in [-0.2, -0.15) is 0 Å². The smallest absolute Gasteiger partial charge is 0.133 e. The van der Waals surface area contributed by atoms with Gasteiger partial charge < -0.3 is 10.4 Å². The SMILES string of the molecule is OCc1ccc(CCNCc2csc(-c3cccs3)n2)cc1. The second-order valence-electron chi connectivity index (χ2n) is 5.02. The van der Waals surface area contributed by atoms with Gasteiger partial charge in [-0.25, -0.2) is 4.98 Å². The molecule has 0 radical (unpaired) electrons. The van der Waals surface area contributed by atoms with Crippen LogP contribution in [-0.2, 0) is 19.6 Å². The average molecular weight is 330 g/mol. The van der Waals surface area contributed by atoms with Crippen LogP contribution < -0.4 is 5.32 Å². The predicted molar refractivity (Wildman–Crippen MR) is 93.2 cm³/mol. The maximum Gasteiger partial charge on any atom is 0.133 e. The highest BCUT2D eigenvalue weighted by molar-refractivity contribution is 7.20. The van der Waals surface area contributed by atoms with Crippen molar-refractivity contribution < 1.29 is 5.11 Å². The van der Waals surface area contributed by atoms with E-state index in [9.17, 15) is 0 Å². The lowest BCUT2D eigenvalue weighted by atomic mass is 10.1. The predicted octanol–water partition coefficient (Wildman–Crippen LogP) is 3.70. The highest BCUT2D eigenvalue weighted by atomic mass is 32.1. The monoisotopic (exact) mass is 330 g/mol. The van der Waals surface area contributed by atoms with E-state index in [0.717, 1.165) is 35.8 Å². The van der Waals surface area contributed by atoms with Gasteiger partial charge >= 0.3 is 0 Å². The summed E-state index contributed by atoms with van der Waals surface area (Å²) in [5.74, 6) is 0. The van der Waals surface area contributed by atoms with Crippen LogP contribution in [0.15, 0.2) is 47.2 Å². The van der Waals surface area contributed by atoms with Gasteiger partial charge in [-0.3, -0.25) is 0 Å². The van der Waals surface area contributed by atoms with E-state index in [1.807, 2.05) is 12.1 Å². The minimum absolute atomic E-state index is 0.106. The number of rotatable bonds is 7. The molecule has 0 fully saturated rings. The van der Waals surface area contributed by atoms with Crippen LogP contribution in [0.5, 0.6) is 0 Å². The molecule has 0 amide bonds. The number of nitrogens with zero attached hydrogens (tertiary/aromatic N) is 1. The van der Waals surface area contributed by atoms with E-state index in [1.54, 1.807) is 22.7 Å². The van der Waals surface area contributed by atoms with Crippen LogP contribution in [0, 0.1) is 0 Å². The number of benzene rings is 1. The molecule has 0 spiro atoms. The first kappa shape index (κ1) is 15.4. The van der Waals surface area contributed by atoms with Gasteiger partial charge in [0.1, 0.15) is 5.01 Å². The number of aromatic nitrogens is 1. The van der Waals surface area contributed by atoms with Crippen molar-refractivity contribution in [3.63, 3.8) is 0 Å². The van der Waals surface area contributed by atoms with Gasteiger partial charge in [0.05, 0.1) is 17.2 Å². The van der Waals surface area contributed by atoms with Crippen LogP contribution in [0.25, 0.3) is 9.88 Å². The van der Waals surface area contributed by atoms with Gasteiger partial charge in [0, 0.05) is 11.9 Å². The van der Waals surface area contributed by atoms with Crippen molar-refractivity contribution in [2.24, 2.45) is 0 Å². The van der Waals surface area contributed by atoms with Gasteiger partial charge in [0.25, 0.3) is 0 Å². The van der Waals surface area contributed by atoms with Crippen LogP contribution in [0.2, 0.25) is 0 Å². The molecule has 0 aliphatic rings. The van der Waals surface area contributed by atoms with E-state index in [4.69, 9.17) is 5.11 Å². The van der Waals surface area contributed by atoms with Gasteiger partial charge in [-0.05, 0) is 35.5 Å². The summed E-state index contributed by atoms with van der Waals surface area (Å²) < 4.78 is 0.